The van der Waals surface area contributed by atoms with Gasteiger partial charge >= 0.3 is 5.97 Å². The zero-order valence-electron chi connectivity index (χ0n) is 14.1. The first-order chi connectivity index (χ1) is 12.8. The first-order valence-corrected chi connectivity index (χ1v) is 7.75. The molecule has 3 nitrogen and oxygen atoms in total. The van der Waals surface area contributed by atoms with Gasteiger partial charge < -0.3 is 4.84 Å². The molecule has 0 N–H and O–H groups in total. The summed E-state index contributed by atoms with van der Waals surface area (Å²) in [5.41, 5.74) is -0.920. The van der Waals surface area contributed by atoms with Crippen LogP contribution < -0.4 is 0 Å². The lowest BCUT2D eigenvalue weighted by atomic mass is 9.99. The molecule has 1 unspecified atom stereocenters. The Morgan fingerprint density at radius 3 is 2.07 bits per heavy atom. The lowest BCUT2D eigenvalue weighted by molar-refractivity contribution is 0.0500. The van der Waals surface area contributed by atoms with Crippen LogP contribution in [0.4, 0.5) is 22.0 Å². The second-order valence-electron chi connectivity index (χ2n) is 5.64. The predicted molar refractivity (Wildman–Crippen MR) is 88.6 cm³/mol. The molecule has 0 spiro atoms. The van der Waals surface area contributed by atoms with E-state index in [9.17, 15) is 26.7 Å². The third-order valence-electron chi connectivity index (χ3n) is 3.68. The van der Waals surface area contributed by atoms with E-state index in [1.54, 1.807) is 43.3 Å². The second-order valence-corrected chi connectivity index (χ2v) is 5.64. The molecule has 2 aromatic carbocycles. The molecule has 0 bridgehead atoms. The molecule has 0 fully saturated rings. The Balaban J connectivity index is 2.39. The van der Waals surface area contributed by atoms with Crippen LogP contribution >= 0.6 is 0 Å². The van der Waals surface area contributed by atoms with Crippen LogP contribution in [0.15, 0.2) is 48.1 Å². The number of rotatable bonds is 6. The van der Waals surface area contributed by atoms with Crippen LogP contribution in [0, 0.1) is 35.0 Å². The Morgan fingerprint density at radius 2 is 1.56 bits per heavy atom. The number of benzene rings is 2. The minimum atomic E-state index is -2.37. The average Bonchev–Trinajstić information content (AvgIpc) is 2.68. The minimum Gasteiger partial charge on any atom is -0.312 e. The number of hydrogen-bond acceptors (Lipinski definition) is 3. The van der Waals surface area contributed by atoms with Gasteiger partial charge in [0.2, 0.25) is 5.82 Å². The SMILES string of the molecule is C=CC(C)C/C(=N\OC(=O)c1c(F)c(F)c(F)c(F)c1F)c1ccccc1. The normalized spacial score (nSPS) is 12.6. The van der Waals surface area contributed by atoms with E-state index < -0.39 is 40.6 Å². The highest BCUT2D eigenvalue weighted by Gasteiger charge is 2.31. The predicted octanol–water partition coefficient (Wildman–Crippen LogP) is 5.16. The molecule has 0 radical (unpaired) electrons. The highest BCUT2D eigenvalue weighted by atomic mass is 19.2. The molecule has 0 heterocycles. The van der Waals surface area contributed by atoms with Crippen LogP contribution in [-0.2, 0) is 4.84 Å². The van der Waals surface area contributed by atoms with E-state index in [0.717, 1.165) is 0 Å². The molecule has 0 aliphatic carbocycles. The summed E-state index contributed by atoms with van der Waals surface area (Å²) in [5.74, 6) is -13.3. The summed E-state index contributed by atoms with van der Waals surface area (Å²) in [6, 6.07) is 8.42. The van der Waals surface area contributed by atoms with E-state index in [0.29, 0.717) is 5.56 Å². The monoisotopic (exact) mass is 383 g/mol. The summed E-state index contributed by atoms with van der Waals surface area (Å²) in [6.45, 7) is 5.42. The summed E-state index contributed by atoms with van der Waals surface area (Å²) in [5, 5.41) is 3.57. The van der Waals surface area contributed by atoms with Crippen molar-refractivity contribution >= 4 is 11.7 Å². The standard InChI is InChI=1S/C19H14F5NO2/c1-3-10(2)9-12(11-7-5-4-6-8-11)25-27-19(26)13-14(20)16(22)18(24)17(23)15(13)21/h3-8,10H,1,9H2,2H3/b25-12+. The van der Waals surface area contributed by atoms with Gasteiger partial charge in [0.25, 0.3) is 0 Å². The lowest BCUT2D eigenvalue weighted by Crippen LogP contribution is -2.15. The first-order valence-electron chi connectivity index (χ1n) is 7.75. The third kappa shape index (κ3) is 4.39. The minimum absolute atomic E-state index is 0.0863. The Morgan fingerprint density at radius 1 is 1.04 bits per heavy atom. The average molecular weight is 383 g/mol. The van der Waals surface area contributed by atoms with E-state index in [4.69, 9.17) is 0 Å². The molecule has 27 heavy (non-hydrogen) atoms. The fourth-order valence-corrected chi connectivity index (χ4v) is 2.15. The molecule has 2 aromatic rings. The van der Waals surface area contributed by atoms with Crippen molar-refractivity contribution < 1.29 is 31.6 Å². The fourth-order valence-electron chi connectivity index (χ4n) is 2.15. The fraction of sp³-hybridized carbons (Fsp3) is 0.158. The van der Waals surface area contributed by atoms with Crippen molar-refractivity contribution in [3.63, 3.8) is 0 Å². The van der Waals surface area contributed by atoms with Crippen LogP contribution in [-0.4, -0.2) is 11.7 Å². The van der Waals surface area contributed by atoms with E-state index in [-0.39, 0.29) is 18.1 Å². The molecule has 0 amide bonds. The number of hydrogen-bond donors (Lipinski definition) is 0. The summed E-state index contributed by atoms with van der Waals surface area (Å²) in [6.07, 6.45) is 1.88. The topological polar surface area (TPSA) is 38.7 Å². The number of allylic oxidation sites excluding steroid dienone is 1. The maximum Gasteiger partial charge on any atom is 0.371 e. The maximum atomic E-state index is 13.7. The molecule has 8 heteroatoms. The number of nitrogens with zero attached hydrogens (tertiary/aromatic N) is 1. The molecule has 142 valence electrons. The van der Waals surface area contributed by atoms with Gasteiger partial charge in [-0.1, -0.05) is 48.5 Å². The van der Waals surface area contributed by atoms with Crippen LogP contribution in [0.3, 0.4) is 0 Å². The third-order valence-corrected chi connectivity index (χ3v) is 3.68. The summed E-state index contributed by atoms with van der Waals surface area (Å²) in [7, 11) is 0. The van der Waals surface area contributed by atoms with Gasteiger partial charge in [0.1, 0.15) is 5.56 Å². The molecule has 2 rings (SSSR count). The second kappa shape index (κ2) is 8.57. The molecular formula is C19H14F5NO2. The van der Waals surface area contributed by atoms with E-state index >= 15 is 0 Å². The zero-order valence-corrected chi connectivity index (χ0v) is 14.1. The molecular weight excluding hydrogens is 369 g/mol. The van der Waals surface area contributed by atoms with Crippen LogP contribution in [0.1, 0.15) is 29.3 Å². The Labute approximate surface area is 151 Å². The van der Waals surface area contributed by atoms with Crippen LogP contribution in [0.5, 0.6) is 0 Å². The van der Waals surface area contributed by atoms with E-state index in [1.807, 2.05) is 0 Å². The maximum absolute atomic E-state index is 13.7. The van der Waals surface area contributed by atoms with Gasteiger partial charge in [-0.2, -0.15) is 0 Å². The van der Waals surface area contributed by atoms with Crippen LogP contribution in [0.25, 0.3) is 0 Å². The van der Waals surface area contributed by atoms with Gasteiger partial charge in [0.15, 0.2) is 23.3 Å². The first kappa shape index (κ1) is 20.3. The Kier molecular flexibility index (Phi) is 6.44. The van der Waals surface area contributed by atoms with E-state index in [2.05, 4.69) is 16.6 Å². The van der Waals surface area contributed by atoms with Gasteiger partial charge in [-0.3, -0.25) is 0 Å². The van der Waals surface area contributed by atoms with Gasteiger partial charge in [-0.05, 0) is 17.9 Å². The smallest absolute Gasteiger partial charge is 0.312 e. The highest BCUT2D eigenvalue weighted by Crippen LogP contribution is 2.24. The van der Waals surface area contributed by atoms with Gasteiger partial charge in [0.05, 0.1) is 5.71 Å². The van der Waals surface area contributed by atoms with Crippen molar-refractivity contribution in [2.24, 2.45) is 11.1 Å². The van der Waals surface area contributed by atoms with Crippen molar-refractivity contribution in [1.29, 1.82) is 0 Å². The number of oxime groups is 1. The summed E-state index contributed by atoms with van der Waals surface area (Å²) < 4.78 is 66.9. The largest absolute Gasteiger partial charge is 0.371 e. The molecule has 1 atom stereocenters. The molecule has 0 saturated carbocycles. The summed E-state index contributed by atoms with van der Waals surface area (Å²) in [4.78, 5) is 16.4. The van der Waals surface area contributed by atoms with Crippen molar-refractivity contribution in [3.8, 4) is 0 Å². The van der Waals surface area contributed by atoms with Crippen molar-refractivity contribution in [1.82, 2.24) is 0 Å². The summed E-state index contributed by atoms with van der Waals surface area (Å²) >= 11 is 0. The highest BCUT2D eigenvalue weighted by molar-refractivity contribution is 6.01. The van der Waals surface area contributed by atoms with Crippen LogP contribution in [0.2, 0.25) is 0 Å². The van der Waals surface area contributed by atoms with E-state index in [1.165, 1.54) is 0 Å². The lowest BCUT2D eigenvalue weighted by Gasteiger charge is -2.10. The Bertz CT molecular complexity index is 868. The van der Waals surface area contributed by atoms with Crippen molar-refractivity contribution in [3.05, 3.63) is 83.2 Å². The number of halogens is 5. The molecule has 0 aromatic heterocycles. The van der Waals surface area contributed by atoms with Gasteiger partial charge in [-0.15, -0.1) is 6.58 Å². The van der Waals surface area contributed by atoms with Crippen molar-refractivity contribution in [2.45, 2.75) is 13.3 Å². The zero-order chi connectivity index (χ0) is 20.1. The van der Waals surface area contributed by atoms with Gasteiger partial charge in [0, 0.05) is 0 Å². The number of carbonyl (C=O) groups is 1. The van der Waals surface area contributed by atoms with Gasteiger partial charge in [-0.25, -0.2) is 26.7 Å². The quantitative estimate of drug-likeness (QED) is 0.132. The van der Waals surface area contributed by atoms with Crippen molar-refractivity contribution in [2.75, 3.05) is 0 Å². The molecule has 0 saturated heterocycles. The Hall–Kier alpha value is -3.03. The molecule has 0 aliphatic rings. The number of carbonyl (C=O) groups excluding carboxylic acids is 1. The molecule has 0 aliphatic heterocycles.